The van der Waals surface area contributed by atoms with E-state index in [0.29, 0.717) is 25.0 Å². The third-order valence-electron chi connectivity index (χ3n) is 6.26. The van der Waals surface area contributed by atoms with Crippen LogP contribution in [0.5, 0.6) is 0 Å². The van der Waals surface area contributed by atoms with Gasteiger partial charge in [-0.3, -0.25) is 14.0 Å². The second-order valence-corrected chi connectivity index (χ2v) is 8.48. The number of aliphatic hydroxyl groups excluding tert-OH is 1. The first-order valence-electron chi connectivity index (χ1n) is 10.8. The van der Waals surface area contributed by atoms with Gasteiger partial charge in [-0.2, -0.15) is 0 Å². The third-order valence-corrected chi connectivity index (χ3v) is 6.26. The molecule has 9 heteroatoms. The van der Waals surface area contributed by atoms with Gasteiger partial charge in [-0.15, -0.1) is 5.10 Å². The summed E-state index contributed by atoms with van der Waals surface area (Å²) in [5.74, 6) is -0.490. The maximum atomic E-state index is 15.2. The molecule has 1 N–H and O–H groups in total. The Kier molecular flexibility index (Phi) is 5.51. The van der Waals surface area contributed by atoms with E-state index in [4.69, 9.17) is 4.74 Å². The predicted molar refractivity (Wildman–Crippen MR) is 120 cm³/mol. The highest BCUT2D eigenvalue weighted by molar-refractivity contribution is 5.80. The average molecular weight is 449 g/mol. The Balaban J connectivity index is 1.51. The van der Waals surface area contributed by atoms with Gasteiger partial charge in [0, 0.05) is 19.2 Å². The lowest BCUT2D eigenvalue weighted by Crippen LogP contribution is -2.39. The number of halogens is 1. The molecule has 0 aliphatic carbocycles. The number of fused-ring (bicyclic) bond motifs is 1. The summed E-state index contributed by atoms with van der Waals surface area (Å²) in [5.41, 5.74) is 3.58. The molecule has 33 heavy (non-hydrogen) atoms. The van der Waals surface area contributed by atoms with Gasteiger partial charge in [0.25, 0.3) is 5.56 Å². The lowest BCUT2D eigenvalue weighted by molar-refractivity contribution is -0.0395. The summed E-state index contributed by atoms with van der Waals surface area (Å²) in [6, 6.07) is 9.11. The van der Waals surface area contributed by atoms with Gasteiger partial charge in [-0.25, -0.2) is 9.37 Å². The highest BCUT2D eigenvalue weighted by Gasteiger charge is 2.27. The van der Waals surface area contributed by atoms with Gasteiger partial charge in [0.05, 0.1) is 36.7 Å². The van der Waals surface area contributed by atoms with E-state index in [9.17, 15) is 9.90 Å². The van der Waals surface area contributed by atoms with Gasteiger partial charge in [0.15, 0.2) is 5.82 Å². The Bertz CT molecular complexity index is 1380. The molecule has 0 unspecified atom stereocenters. The molecule has 1 aliphatic rings. The highest BCUT2D eigenvalue weighted by atomic mass is 19.1. The van der Waals surface area contributed by atoms with E-state index in [1.807, 2.05) is 37.5 Å². The van der Waals surface area contributed by atoms with Crippen LogP contribution in [0, 0.1) is 12.7 Å². The van der Waals surface area contributed by atoms with Crippen LogP contribution in [0.4, 0.5) is 4.39 Å². The molecule has 1 fully saturated rings. The summed E-state index contributed by atoms with van der Waals surface area (Å²) in [6.45, 7) is 2.31. The largest absolute Gasteiger partial charge is 0.389 e. The van der Waals surface area contributed by atoms with Crippen LogP contribution in [0.15, 0.2) is 47.7 Å². The number of aliphatic hydroxyl groups is 1. The maximum absolute atomic E-state index is 15.2. The zero-order chi connectivity index (χ0) is 23.1. The first kappa shape index (κ1) is 21.4. The van der Waals surface area contributed by atoms with E-state index in [-0.39, 0.29) is 23.1 Å². The first-order valence-corrected chi connectivity index (χ1v) is 10.8. The number of ether oxygens (including phenoxy) is 1. The van der Waals surface area contributed by atoms with Gasteiger partial charge < -0.3 is 9.84 Å². The summed E-state index contributed by atoms with van der Waals surface area (Å²) in [6.07, 6.45) is 3.32. The van der Waals surface area contributed by atoms with Crippen LogP contribution in [0.25, 0.3) is 22.2 Å². The third kappa shape index (κ3) is 3.94. The van der Waals surface area contributed by atoms with Crippen LogP contribution in [-0.4, -0.2) is 49.0 Å². The van der Waals surface area contributed by atoms with Crippen molar-refractivity contribution in [3.8, 4) is 11.3 Å². The zero-order valence-corrected chi connectivity index (χ0v) is 18.4. The monoisotopic (exact) mass is 449 g/mol. The molecule has 0 bridgehead atoms. The Hall–Kier alpha value is -3.43. The van der Waals surface area contributed by atoms with Crippen molar-refractivity contribution >= 4 is 10.9 Å². The molecule has 2 atom stereocenters. The molecular weight excluding hydrogens is 425 g/mol. The molecule has 0 saturated carbocycles. The van der Waals surface area contributed by atoms with E-state index in [1.165, 1.54) is 10.9 Å². The molecule has 8 nitrogen and oxygen atoms in total. The quantitative estimate of drug-likeness (QED) is 0.515. The van der Waals surface area contributed by atoms with E-state index in [0.717, 1.165) is 22.4 Å². The molecule has 1 saturated heterocycles. The first-order chi connectivity index (χ1) is 15.9. The number of hydrogen-bond acceptors (Lipinski definition) is 6. The Morgan fingerprint density at radius 2 is 2.06 bits per heavy atom. The van der Waals surface area contributed by atoms with Crippen molar-refractivity contribution in [1.29, 1.82) is 0 Å². The number of aryl methyl sites for hydroxylation is 1. The summed E-state index contributed by atoms with van der Waals surface area (Å²) < 4.78 is 23.5. The molecule has 0 radical (unpaired) electrons. The topological polar surface area (TPSA) is 95.1 Å². The minimum absolute atomic E-state index is 0.0528. The Labute approximate surface area is 189 Å². The molecule has 0 spiro atoms. The maximum Gasteiger partial charge on any atom is 0.261 e. The average Bonchev–Trinajstić information content (AvgIpc) is 3.25. The van der Waals surface area contributed by atoms with Crippen LogP contribution < -0.4 is 5.56 Å². The fourth-order valence-electron chi connectivity index (χ4n) is 4.34. The number of rotatable bonds is 4. The molecule has 3 heterocycles. The van der Waals surface area contributed by atoms with E-state index in [1.54, 1.807) is 17.7 Å². The van der Waals surface area contributed by atoms with Gasteiger partial charge in [0.1, 0.15) is 11.2 Å². The fraction of sp³-hybridized carbons (Fsp3) is 0.333. The fourth-order valence-corrected chi connectivity index (χ4v) is 4.34. The van der Waals surface area contributed by atoms with Crippen LogP contribution in [0.1, 0.15) is 29.2 Å². The number of aromatic nitrogens is 5. The summed E-state index contributed by atoms with van der Waals surface area (Å²) in [4.78, 5) is 17.5. The van der Waals surface area contributed by atoms with Crippen molar-refractivity contribution < 1.29 is 14.2 Å². The molecule has 5 rings (SSSR count). The number of nitrogens with zero attached hydrogens (tertiary/aromatic N) is 5. The van der Waals surface area contributed by atoms with E-state index in [2.05, 4.69) is 15.3 Å². The van der Waals surface area contributed by atoms with Crippen molar-refractivity contribution in [2.45, 2.75) is 31.9 Å². The lowest BCUT2D eigenvalue weighted by atomic mass is 9.97. The smallest absolute Gasteiger partial charge is 0.261 e. The normalized spacial score (nSPS) is 18.7. The van der Waals surface area contributed by atoms with Crippen molar-refractivity contribution in [2.75, 3.05) is 13.2 Å². The van der Waals surface area contributed by atoms with Crippen LogP contribution in [-0.2, 0) is 18.2 Å². The summed E-state index contributed by atoms with van der Waals surface area (Å²) in [5, 5.41) is 18.6. The summed E-state index contributed by atoms with van der Waals surface area (Å²) in [7, 11) is 1.81. The molecule has 4 aromatic rings. The minimum atomic E-state index is -0.807. The zero-order valence-electron chi connectivity index (χ0n) is 18.4. The van der Waals surface area contributed by atoms with Crippen LogP contribution >= 0.6 is 0 Å². The van der Waals surface area contributed by atoms with Crippen molar-refractivity contribution in [3.63, 3.8) is 0 Å². The van der Waals surface area contributed by atoms with Crippen molar-refractivity contribution in [2.24, 2.45) is 7.05 Å². The minimum Gasteiger partial charge on any atom is -0.389 e. The predicted octanol–water partition coefficient (Wildman–Crippen LogP) is 2.55. The second-order valence-electron chi connectivity index (χ2n) is 8.48. The molecule has 2 aromatic carbocycles. The van der Waals surface area contributed by atoms with Gasteiger partial charge in [-0.05, 0) is 42.5 Å². The van der Waals surface area contributed by atoms with Gasteiger partial charge in [-0.1, -0.05) is 29.5 Å². The van der Waals surface area contributed by atoms with Gasteiger partial charge >= 0.3 is 0 Å². The highest BCUT2D eigenvalue weighted by Crippen LogP contribution is 2.26. The molecule has 1 aliphatic heterocycles. The molecular formula is C24H24FN5O3. The second kappa shape index (κ2) is 8.49. The van der Waals surface area contributed by atoms with Crippen LogP contribution in [0.2, 0.25) is 0 Å². The lowest BCUT2D eigenvalue weighted by Gasteiger charge is -2.29. The summed E-state index contributed by atoms with van der Waals surface area (Å²) >= 11 is 0. The van der Waals surface area contributed by atoms with E-state index >= 15 is 4.39 Å². The number of benzene rings is 2. The number of hydrogen-bond donors (Lipinski definition) is 1. The molecule has 2 aromatic heterocycles. The Morgan fingerprint density at radius 3 is 2.76 bits per heavy atom. The Morgan fingerprint density at radius 1 is 1.27 bits per heavy atom. The standard InChI is InChI=1S/C24H24FN5O3/c1-14-17(9-15-3-5-16(6-4-15)19-11-29(2)28-27-19)10-18-23(22(14)25)26-13-30(24(18)32)20-7-8-33-12-21(20)31/h3-6,10-11,13,20-21,31H,7-9,12H2,1-2H3/t20-,21-/m0/s1. The van der Waals surface area contributed by atoms with Gasteiger partial charge in [0.2, 0.25) is 0 Å². The SMILES string of the molecule is Cc1c(Cc2ccc(-c3cn(C)nn3)cc2)cc2c(=O)n([C@H]3CCOC[C@@H]3O)cnc2c1F. The van der Waals surface area contributed by atoms with E-state index < -0.39 is 18.0 Å². The van der Waals surface area contributed by atoms with Crippen molar-refractivity contribution in [3.05, 3.63) is 75.7 Å². The van der Waals surface area contributed by atoms with Crippen molar-refractivity contribution in [1.82, 2.24) is 24.5 Å². The van der Waals surface area contributed by atoms with Crippen LogP contribution in [0.3, 0.4) is 0 Å². The molecule has 0 amide bonds. The molecule has 170 valence electrons.